The third-order valence-corrected chi connectivity index (χ3v) is 3.58. The second kappa shape index (κ2) is 10.5. The van der Waals surface area contributed by atoms with Gasteiger partial charge < -0.3 is 4.74 Å². The molecule has 0 aliphatic rings. The van der Waals surface area contributed by atoms with Crippen LogP contribution >= 0.6 is 23.4 Å². The topological polar surface area (TPSA) is 63.0 Å². The van der Waals surface area contributed by atoms with Gasteiger partial charge in [-0.05, 0) is 31.2 Å². The summed E-state index contributed by atoms with van der Waals surface area (Å²) in [6.07, 6.45) is 0. The molecule has 0 atom stereocenters. The molecule has 0 aromatic heterocycles. The van der Waals surface area contributed by atoms with Crippen LogP contribution in [0.1, 0.15) is 17.3 Å². The predicted molar refractivity (Wildman–Crippen MR) is 83.8 cm³/mol. The SMILES string of the molecule is CCOC(=O)c1ccc(NN=NCCSCCCl)cc1. The van der Waals surface area contributed by atoms with E-state index < -0.39 is 0 Å². The Balaban J connectivity index is 2.31. The predicted octanol–water partition coefficient (Wildman–Crippen LogP) is 3.61. The molecule has 7 heteroatoms. The highest BCUT2D eigenvalue weighted by molar-refractivity contribution is 7.99. The summed E-state index contributed by atoms with van der Waals surface area (Å²) in [4.78, 5) is 11.4. The highest BCUT2D eigenvalue weighted by atomic mass is 35.5. The number of carbonyl (C=O) groups excluding carboxylic acids is 1. The van der Waals surface area contributed by atoms with Crippen LogP contribution in [0.5, 0.6) is 0 Å². The van der Waals surface area contributed by atoms with E-state index in [-0.39, 0.29) is 5.97 Å². The van der Waals surface area contributed by atoms with Crippen LogP contribution in [0.2, 0.25) is 0 Å². The second-order valence-corrected chi connectivity index (χ2v) is 5.28. The number of esters is 1. The molecule has 5 nitrogen and oxygen atoms in total. The Morgan fingerprint density at radius 2 is 2.10 bits per heavy atom. The van der Waals surface area contributed by atoms with Crippen LogP contribution < -0.4 is 5.43 Å². The average Bonchev–Trinajstić information content (AvgIpc) is 2.47. The summed E-state index contributed by atoms with van der Waals surface area (Å²) >= 11 is 7.30. The lowest BCUT2D eigenvalue weighted by atomic mass is 10.2. The van der Waals surface area contributed by atoms with Gasteiger partial charge in [0.15, 0.2) is 0 Å². The molecule has 0 spiro atoms. The quantitative estimate of drug-likeness (QED) is 0.248. The van der Waals surface area contributed by atoms with Crippen molar-refractivity contribution in [1.82, 2.24) is 0 Å². The van der Waals surface area contributed by atoms with E-state index in [1.54, 1.807) is 43.0 Å². The molecule has 1 rings (SSSR count). The van der Waals surface area contributed by atoms with Crippen molar-refractivity contribution in [2.75, 3.05) is 36.0 Å². The summed E-state index contributed by atoms with van der Waals surface area (Å²) in [6.45, 7) is 2.80. The van der Waals surface area contributed by atoms with Gasteiger partial charge in [-0.3, -0.25) is 5.43 Å². The molecule has 0 aliphatic carbocycles. The van der Waals surface area contributed by atoms with E-state index in [1.807, 2.05) is 0 Å². The fourth-order valence-electron chi connectivity index (χ4n) is 1.30. The van der Waals surface area contributed by atoms with Crippen molar-refractivity contribution in [3.63, 3.8) is 0 Å². The van der Waals surface area contributed by atoms with Gasteiger partial charge in [-0.15, -0.1) is 11.6 Å². The van der Waals surface area contributed by atoms with E-state index in [0.29, 0.717) is 24.6 Å². The van der Waals surface area contributed by atoms with Gasteiger partial charge in [0.2, 0.25) is 0 Å². The lowest BCUT2D eigenvalue weighted by Crippen LogP contribution is -2.04. The van der Waals surface area contributed by atoms with Crippen LogP contribution in [-0.2, 0) is 4.74 Å². The number of hydrogen-bond donors (Lipinski definition) is 1. The minimum Gasteiger partial charge on any atom is -0.462 e. The summed E-state index contributed by atoms with van der Waals surface area (Å²) in [7, 11) is 0. The van der Waals surface area contributed by atoms with Crippen LogP contribution in [0.15, 0.2) is 34.6 Å². The van der Waals surface area contributed by atoms with Gasteiger partial charge in [0, 0.05) is 17.4 Å². The second-order valence-electron chi connectivity index (χ2n) is 3.68. The van der Waals surface area contributed by atoms with Crippen LogP contribution in [0, 0.1) is 0 Å². The Morgan fingerprint density at radius 1 is 1.35 bits per heavy atom. The number of alkyl halides is 1. The molecule has 0 bridgehead atoms. The van der Waals surface area contributed by atoms with Crippen molar-refractivity contribution in [3.8, 4) is 0 Å². The summed E-state index contributed by atoms with van der Waals surface area (Å²) in [5.74, 6) is 2.17. The van der Waals surface area contributed by atoms with Crippen LogP contribution in [0.4, 0.5) is 5.69 Å². The molecule has 0 radical (unpaired) electrons. The van der Waals surface area contributed by atoms with Crippen molar-refractivity contribution in [2.24, 2.45) is 10.3 Å². The van der Waals surface area contributed by atoms with Gasteiger partial charge in [0.1, 0.15) is 0 Å². The fourth-order valence-corrected chi connectivity index (χ4v) is 2.15. The van der Waals surface area contributed by atoms with E-state index >= 15 is 0 Å². The Labute approximate surface area is 128 Å². The van der Waals surface area contributed by atoms with Crippen molar-refractivity contribution in [1.29, 1.82) is 0 Å². The largest absolute Gasteiger partial charge is 0.462 e. The Bertz CT molecular complexity index is 426. The molecule has 0 aliphatic heterocycles. The molecule has 1 N–H and O–H groups in total. The zero-order chi connectivity index (χ0) is 14.6. The summed E-state index contributed by atoms with van der Waals surface area (Å²) < 4.78 is 4.90. The number of carbonyl (C=O) groups is 1. The van der Waals surface area contributed by atoms with Gasteiger partial charge in [0.25, 0.3) is 0 Å². The molecule has 0 saturated heterocycles. The van der Waals surface area contributed by atoms with Crippen LogP contribution in [-0.4, -0.2) is 36.5 Å². The molecule has 110 valence electrons. The first-order valence-corrected chi connectivity index (χ1v) is 8.00. The zero-order valence-corrected chi connectivity index (χ0v) is 12.9. The number of nitrogens with one attached hydrogen (secondary N) is 1. The van der Waals surface area contributed by atoms with E-state index in [4.69, 9.17) is 16.3 Å². The smallest absolute Gasteiger partial charge is 0.338 e. The molecular formula is C13H18ClN3O2S. The Kier molecular flexibility index (Phi) is 8.82. The number of nitrogens with zero attached hydrogens (tertiary/aromatic N) is 2. The van der Waals surface area contributed by atoms with Gasteiger partial charge in [-0.2, -0.15) is 16.9 Å². The first kappa shape index (κ1) is 16.8. The van der Waals surface area contributed by atoms with Crippen molar-refractivity contribution in [2.45, 2.75) is 6.92 Å². The first-order chi connectivity index (χ1) is 9.77. The molecule has 0 amide bonds. The molecule has 0 unspecified atom stereocenters. The number of anilines is 1. The maximum atomic E-state index is 11.4. The Hall–Kier alpha value is -1.27. The average molecular weight is 316 g/mol. The zero-order valence-electron chi connectivity index (χ0n) is 11.3. The number of thioether (sulfide) groups is 1. The molecule has 0 fully saturated rings. The van der Waals surface area contributed by atoms with Crippen molar-refractivity contribution >= 4 is 35.0 Å². The van der Waals surface area contributed by atoms with Crippen LogP contribution in [0.3, 0.4) is 0 Å². The summed E-state index contributed by atoms with van der Waals surface area (Å²) in [5.41, 5.74) is 4.10. The number of halogens is 1. The van der Waals surface area contributed by atoms with E-state index in [2.05, 4.69) is 15.8 Å². The molecule has 0 saturated carbocycles. The number of rotatable bonds is 9. The number of ether oxygens (including phenoxy) is 1. The number of hydrogen-bond acceptors (Lipinski definition) is 5. The molecule has 0 heterocycles. The third-order valence-electron chi connectivity index (χ3n) is 2.20. The number of benzene rings is 1. The van der Waals surface area contributed by atoms with E-state index in [1.165, 1.54) is 0 Å². The molecular weight excluding hydrogens is 298 g/mol. The highest BCUT2D eigenvalue weighted by Gasteiger charge is 2.04. The highest BCUT2D eigenvalue weighted by Crippen LogP contribution is 2.10. The molecule has 1 aromatic carbocycles. The maximum absolute atomic E-state index is 11.4. The van der Waals surface area contributed by atoms with Crippen LogP contribution in [0.25, 0.3) is 0 Å². The van der Waals surface area contributed by atoms with Gasteiger partial charge in [-0.25, -0.2) is 4.79 Å². The molecule has 1 aromatic rings. The minimum atomic E-state index is -0.322. The minimum absolute atomic E-state index is 0.322. The van der Waals surface area contributed by atoms with Gasteiger partial charge in [0.05, 0.1) is 24.4 Å². The van der Waals surface area contributed by atoms with Gasteiger partial charge >= 0.3 is 5.97 Å². The molecule has 20 heavy (non-hydrogen) atoms. The summed E-state index contributed by atoms with van der Waals surface area (Å²) in [6, 6.07) is 6.89. The standard InChI is InChI=1S/C13H18ClN3O2S/c1-2-19-13(18)11-3-5-12(6-4-11)16-17-15-8-10-20-9-7-14/h3-6H,2,7-10H2,1H3,(H,15,16). The van der Waals surface area contributed by atoms with E-state index in [0.717, 1.165) is 17.2 Å². The monoisotopic (exact) mass is 315 g/mol. The lowest BCUT2D eigenvalue weighted by molar-refractivity contribution is 0.0526. The third kappa shape index (κ3) is 6.77. The summed E-state index contributed by atoms with van der Waals surface area (Å²) in [5, 5.41) is 7.85. The Morgan fingerprint density at radius 3 is 2.75 bits per heavy atom. The van der Waals surface area contributed by atoms with Gasteiger partial charge in [-0.1, -0.05) is 5.22 Å². The fraction of sp³-hybridized carbons (Fsp3) is 0.462. The first-order valence-electron chi connectivity index (χ1n) is 6.31. The normalized spacial score (nSPS) is 10.7. The maximum Gasteiger partial charge on any atom is 0.338 e. The van der Waals surface area contributed by atoms with E-state index in [9.17, 15) is 4.79 Å². The lowest BCUT2D eigenvalue weighted by Gasteiger charge is -2.03. The van der Waals surface area contributed by atoms with Crippen molar-refractivity contribution < 1.29 is 9.53 Å². The van der Waals surface area contributed by atoms with Crippen molar-refractivity contribution in [3.05, 3.63) is 29.8 Å².